The summed E-state index contributed by atoms with van der Waals surface area (Å²) in [6.45, 7) is 4.40. The molecular formula is C27H32F2N4O2S. The average molecular weight is 515 g/mol. The smallest absolute Gasteiger partial charge is 0.273 e. The van der Waals surface area contributed by atoms with Crippen molar-refractivity contribution >= 4 is 28.1 Å². The van der Waals surface area contributed by atoms with Crippen molar-refractivity contribution in [1.29, 1.82) is 0 Å². The summed E-state index contributed by atoms with van der Waals surface area (Å²) < 4.78 is 29.9. The lowest BCUT2D eigenvalue weighted by Gasteiger charge is -2.26. The second-order valence-corrected chi connectivity index (χ2v) is 11.0. The van der Waals surface area contributed by atoms with Crippen LogP contribution in [0.25, 0.3) is 10.9 Å². The van der Waals surface area contributed by atoms with Gasteiger partial charge in [0.2, 0.25) is 0 Å². The van der Waals surface area contributed by atoms with Gasteiger partial charge >= 0.3 is 0 Å². The Morgan fingerprint density at radius 1 is 1.28 bits per heavy atom. The molecule has 0 radical (unpaired) electrons. The van der Waals surface area contributed by atoms with Gasteiger partial charge in [0, 0.05) is 41.2 Å². The molecule has 0 spiro atoms. The molecule has 3 atom stereocenters. The quantitative estimate of drug-likeness (QED) is 0.419. The Bertz CT molecular complexity index is 1200. The number of hydrogen-bond donors (Lipinski definition) is 1. The number of rotatable bonds is 9. The van der Waals surface area contributed by atoms with Crippen LogP contribution in [0.2, 0.25) is 0 Å². The Morgan fingerprint density at radius 2 is 2.17 bits per heavy atom. The third-order valence-electron chi connectivity index (χ3n) is 7.44. The molecule has 192 valence electrons. The molecule has 3 aromatic rings. The molecule has 1 N–H and O–H groups in total. The van der Waals surface area contributed by atoms with Crippen molar-refractivity contribution < 1.29 is 18.3 Å². The maximum Gasteiger partial charge on any atom is 0.273 e. The predicted octanol–water partition coefficient (Wildman–Crippen LogP) is 5.32. The van der Waals surface area contributed by atoms with Gasteiger partial charge in [-0.15, -0.1) is 0 Å². The van der Waals surface area contributed by atoms with Gasteiger partial charge in [0.05, 0.1) is 11.2 Å². The van der Waals surface area contributed by atoms with E-state index in [0.717, 1.165) is 73.2 Å². The monoisotopic (exact) mass is 514 g/mol. The fourth-order valence-electron chi connectivity index (χ4n) is 5.61. The molecule has 1 aliphatic carbocycles. The summed E-state index contributed by atoms with van der Waals surface area (Å²) in [6.07, 6.45) is 4.40. The third-order valence-corrected chi connectivity index (χ3v) is 8.51. The minimum Gasteiger partial charge on any atom is -0.464 e. The summed E-state index contributed by atoms with van der Waals surface area (Å²) in [5, 5.41) is 4.52. The van der Waals surface area contributed by atoms with Gasteiger partial charge in [-0.1, -0.05) is 30.4 Å². The van der Waals surface area contributed by atoms with Gasteiger partial charge in [0.25, 0.3) is 17.5 Å². The van der Waals surface area contributed by atoms with E-state index in [1.165, 1.54) is 11.3 Å². The van der Waals surface area contributed by atoms with Crippen molar-refractivity contribution in [1.82, 2.24) is 20.2 Å². The first kappa shape index (κ1) is 25.0. The van der Waals surface area contributed by atoms with Gasteiger partial charge in [-0.2, -0.15) is 0 Å². The van der Waals surface area contributed by atoms with Crippen LogP contribution in [0.1, 0.15) is 53.5 Å². The van der Waals surface area contributed by atoms with E-state index in [1.54, 1.807) is 6.20 Å². The Balaban J connectivity index is 1.08. The van der Waals surface area contributed by atoms with Crippen LogP contribution in [0.3, 0.4) is 0 Å². The number of nitrogens with one attached hydrogen (secondary N) is 1. The van der Waals surface area contributed by atoms with E-state index in [0.29, 0.717) is 22.6 Å². The van der Waals surface area contributed by atoms with Crippen molar-refractivity contribution in [2.45, 2.75) is 58.0 Å². The van der Waals surface area contributed by atoms with Crippen molar-refractivity contribution in [2.75, 3.05) is 19.7 Å². The number of benzene rings is 1. The zero-order valence-corrected chi connectivity index (χ0v) is 21.3. The highest BCUT2D eigenvalue weighted by molar-refractivity contribution is 7.13. The van der Waals surface area contributed by atoms with E-state index in [9.17, 15) is 13.6 Å². The molecule has 9 heteroatoms. The first-order valence-corrected chi connectivity index (χ1v) is 13.5. The number of carbonyl (C=O) groups excluding carboxylic acids is 1. The summed E-state index contributed by atoms with van der Waals surface area (Å²) >= 11 is 1.40. The number of thiazole rings is 1. The molecule has 0 bridgehead atoms. The highest BCUT2D eigenvalue weighted by Crippen LogP contribution is 2.36. The van der Waals surface area contributed by atoms with Crippen molar-refractivity contribution in [3.05, 3.63) is 52.7 Å². The number of hydrogen-bond acceptors (Lipinski definition) is 6. The van der Waals surface area contributed by atoms with Crippen molar-refractivity contribution in [2.24, 2.45) is 11.8 Å². The molecule has 1 aliphatic heterocycles. The second kappa shape index (κ2) is 11.2. The van der Waals surface area contributed by atoms with E-state index < -0.39 is 13.0 Å². The van der Waals surface area contributed by atoms with Crippen LogP contribution in [0, 0.1) is 11.8 Å². The van der Waals surface area contributed by atoms with Crippen LogP contribution in [0.15, 0.2) is 36.5 Å². The zero-order valence-electron chi connectivity index (χ0n) is 20.5. The minimum absolute atomic E-state index is 0.0178. The molecule has 36 heavy (non-hydrogen) atoms. The van der Waals surface area contributed by atoms with Crippen LogP contribution >= 0.6 is 11.3 Å². The summed E-state index contributed by atoms with van der Waals surface area (Å²) in [4.78, 5) is 25.4. The molecule has 6 nitrogen and oxygen atoms in total. The number of ether oxygens (including phenoxy) is 1. The van der Waals surface area contributed by atoms with Crippen LogP contribution < -0.4 is 10.1 Å². The first-order chi connectivity index (χ1) is 17.5. The van der Waals surface area contributed by atoms with Crippen molar-refractivity contribution in [3.63, 3.8) is 0 Å². The summed E-state index contributed by atoms with van der Waals surface area (Å²) in [5.41, 5.74) is 2.49. The summed E-state index contributed by atoms with van der Waals surface area (Å²) in [5.74, 6) is 1.15. The molecule has 1 amide bonds. The highest BCUT2D eigenvalue weighted by Gasteiger charge is 2.32. The Labute approximate surface area is 214 Å². The largest absolute Gasteiger partial charge is 0.464 e. The number of nitrogens with zero attached hydrogens (tertiary/aromatic N) is 3. The molecule has 3 heterocycles. The zero-order chi connectivity index (χ0) is 25.1. The fraction of sp³-hybridized carbons (Fsp3) is 0.519. The lowest BCUT2D eigenvalue weighted by Crippen LogP contribution is -2.33. The predicted molar refractivity (Wildman–Crippen MR) is 137 cm³/mol. The lowest BCUT2D eigenvalue weighted by molar-refractivity contribution is 0.0815. The number of halogens is 2. The van der Waals surface area contributed by atoms with Gasteiger partial charge in [-0.05, 0) is 68.7 Å². The number of carbonyl (C=O) groups is 1. The number of fused-ring (bicyclic) bond motifs is 2. The molecule has 2 aliphatic rings. The van der Waals surface area contributed by atoms with E-state index in [-0.39, 0.29) is 11.9 Å². The SMILES string of the molecule is C[C@H]1C[C@H](NC(=O)c2cccc3ncccc23)C[C@H]1CCCN1CCc2sc(OCC(F)F)nc2C1. The standard InChI is InChI=1S/C27H32F2N4O2S/c1-17-13-19(31-26(34)21-6-2-8-22-20(21)7-3-10-30-22)14-18(17)5-4-11-33-12-9-24-23(15-33)32-27(36-24)35-16-25(28)29/h2-3,6-8,10,17-19,25H,4-5,9,11-16H2,1H3,(H,31,34)/t17-,18+,19-/m0/s1. The molecule has 1 fully saturated rings. The number of aromatic nitrogens is 2. The minimum atomic E-state index is -2.48. The normalized spacial score (nSPS) is 22.2. The van der Waals surface area contributed by atoms with Gasteiger partial charge in [-0.25, -0.2) is 13.8 Å². The van der Waals surface area contributed by atoms with Crippen LogP contribution in [0.4, 0.5) is 8.78 Å². The number of amides is 1. The maximum absolute atomic E-state index is 13.0. The van der Waals surface area contributed by atoms with Gasteiger partial charge < -0.3 is 10.1 Å². The molecule has 1 aromatic carbocycles. The highest BCUT2D eigenvalue weighted by atomic mass is 32.1. The molecule has 0 saturated heterocycles. The van der Waals surface area contributed by atoms with E-state index in [1.807, 2.05) is 30.3 Å². The maximum atomic E-state index is 13.0. The number of pyridine rings is 1. The molecule has 1 saturated carbocycles. The van der Waals surface area contributed by atoms with Gasteiger partial charge in [0.15, 0.2) is 6.61 Å². The summed E-state index contributed by atoms with van der Waals surface area (Å²) in [6, 6.07) is 9.70. The third kappa shape index (κ3) is 5.83. The topological polar surface area (TPSA) is 67.4 Å². The Morgan fingerprint density at radius 3 is 3.03 bits per heavy atom. The number of alkyl halides is 2. The van der Waals surface area contributed by atoms with Crippen LogP contribution in [-0.2, 0) is 13.0 Å². The van der Waals surface area contributed by atoms with E-state index in [2.05, 4.69) is 27.1 Å². The second-order valence-electron chi connectivity index (χ2n) is 9.97. The molecule has 0 unspecified atom stereocenters. The molecule has 2 aromatic heterocycles. The molecular weight excluding hydrogens is 482 g/mol. The van der Waals surface area contributed by atoms with Crippen LogP contribution in [-0.4, -0.2) is 52.9 Å². The Hall–Kier alpha value is -2.65. The summed E-state index contributed by atoms with van der Waals surface area (Å²) in [7, 11) is 0. The fourth-order valence-corrected chi connectivity index (χ4v) is 6.53. The van der Waals surface area contributed by atoms with E-state index >= 15 is 0 Å². The lowest BCUT2D eigenvalue weighted by atomic mass is 9.93. The average Bonchev–Trinajstić information content (AvgIpc) is 3.44. The Kier molecular flexibility index (Phi) is 7.76. The van der Waals surface area contributed by atoms with Crippen molar-refractivity contribution in [3.8, 4) is 5.19 Å². The van der Waals surface area contributed by atoms with Gasteiger partial charge in [-0.3, -0.25) is 14.7 Å². The first-order valence-electron chi connectivity index (χ1n) is 12.7. The van der Waals surface area contributed by atoms with E-state index in [4.69, 9.17) is 4.74 Å². The van der Waals surface area contributed by atoms with Gasteiger partial charge in [0.1, 0.15) is 0 Å². The van der Waals surface area contributed by atoms with Crippen LogP contribution in [0.5, 0.6) is 5.19 Å². The molecule has 5 rings (SSSR count).